The highest BCUT2D eigenvalue weighted by atomic mass is 127. The Kier molecular flexibility index (Phi) is 4.71. The molecule has 0 radical (unpaired) electrons. The van der Waals surface area contributed by atoms with Gasteiger partial charge in [0.15, 0.2) is 11.5 Å². The molecule has 2 aromatic carbocycles. The number of nitrogens with one attached hydrogen (secondary N) is 1. The third-order valence-electron chi connectivity index (χ3n) is 5.14. The van der Waals surface area contributed by atoms with Crippen molar-refractivity contribution in [3.63, 3.8) is 0 Å². The molecule has 1 N–H and O–H groups in total. The van der Waals surface area contributed by atoms with E-state index in [4.69, 9.17) is 9.47 Å². The molecule has 130 valence electrons. The summed E-state index contributed by atoms with van der Waals surface area (Å²) in [6.07, 6.45) is 5.76. The summed E-state index contributed by atoms with van der Waals surface area (Å²) in [5.41, 5.74) is 3.85. The van der Waals surface area contributed by atoms with Crippen LogP contribution in [-0.4, -0.2) is 14.2 Å². The Morgan fingerprint density at radius 3 is 2.76 bits per heavy atom. The third kappa shape index (κ3) is 2.95. The second-order valence-electron chi connectivity index (χ2n) is 6.45. The van der Waals surface area contributed by atoms with E-state index in [1.807, 2.05) is 0 Å². The maximum atomic E-state index is 5.55. The van der Waals surface area contributed by atoms with E-state index in [1.165, 1.54) is 20.4 Å². The van der Waals surface area contributed by atoms with Crippen LogP contribution in [0.15, 0.2) is 47.0 Å². The summed E-state index contributed by atoms with van der Waals surface area (Å²) in [6, 6.07) is 11.1. The molecule has 3 atom stereocenters. The van der Waals surface area contributed by atoms with Gasteiger partial charge < -0.3 is 14.8 Å². The van der Waals surface area contributed by atoms with Crippen molar-refractivity contribution in [2.24, 2.45) is 5.92 Å². The number of anilines is 1. The van der Waals surface area contributed by atoms with E-state index >= 15 is 0 Å². The first-order valence-corrected chi connectivity index (χ1v) is 10.1. The van der Waals surface area contributed by atoms with Gasteiger partial charge in [-0.15, -0.1) is 0 Å². The fourth-order valence-corrected chi connectivity index (χ4v) is 5.15. The Balaban J connectivity index is 1.79. The summed E-state index contributed by atoms with van der Waals surface area (Å²) in [7, 11) is 3.34. The number of allylic oxidation sites excluding steroid dienone is 2. The van der Waals surface area contributed by atoms with Gasteiger partial charge in [-0.1, -0.05) is 12.2 Å². The predicted molar refractivity (Wildman–Crippen MR) is 113 cm³/mol. The lowest BCUT2D eigenvalue weighted by Crippen LogP contribution is -2.29. The van der Waals surface area contributed by atoms with Crippen molar-refractivity contribution in [2.75, 3.05) is 19.5 Å². The van der Waals surface area contributed by atoms with Crippen LogP contribution in [0, 0.1) is 9.49 Å². The van der Waals surface area contributed by atoms with Crippen LogP contribution in [0.5, 0.6) is 11.5 Å². The Hall–Kier alpha value is -1.21. The molecule has 3 nitrogen and oxygen atoms in total. The van der Waals surface area contributed by atoms with Gasteiger partial charge >= 0.3 is 0 Å². The smallest absolute Gasteiger partial charge is 0.174 e. The first-order chi connectivity index (χ1) is 12.1. The first kappa shape index (κ1) is 17.2. The van der Waals surface area contributed by atoms with Crippen molar-refractivity contribution in [2.45, 2.75) is 18.4 Å². The van der Waals surface area contributed by atoms with Gasteiger partial charge in [0.2, 0.25) is 0 Å². The van der Waals surface area contributed by atoms with Crippen molar-refractivity contribution < 1.29 is 9.47 Å². The Labute approximate surface area is 170 Å². The molecule has 0 spiro atoms. The van der Waals surface area contributed by atoms with Gasteiger partial charge in [0.05, 0.1) is 24.7 Å². The van der Waals surface area contributed by atoms with E-state index in [0.717, 1.165) is 22.4 Å². The Morgan fingerprint density at radius 1 is 1.16 bits per heavy atom. The minimum absolute atomic E-state index is 0.240. The topological polar surface area (TPSA) is 30.5 Å². The fraction of sp³-hybridized carbons (Fsp3) is 0.300. The molecule has 5 heteroatoms. The number of hydrogen-bond acceptors (Lipinski definition) is 3. The summed E-state index contributed by atoms with van der Waals surface area (Å²) in [4.78, 5) is 0. The molecule has 0 amide bonds. The molecular formula is C20H19BrINO2. The maximum Gasteiger partial charge on any atom is 0.174 e. The number of benzene rings is 2. The second kappa shape index (κ2) is 6.83. The van der Waals surface area contributed by atoms with Gasteiger partial charge in [-0.25, -0.2) is 0 Å². The summed E-state index contributed by atoms with van der Waals surface area (Å²) in [6.45, 7) is 0. The lowest BCUT2D eigenvalue weighted by molar-refractivity contribution is 0.351. The summed E-state index contributed by atoms with van der Waals surface area (Å²) >= 11 is 6.02. The predicted octanol–water partition coefficient (Wildman–Crippen LogP) is 5.90. The molecule has 0 unspecified atom stereocenters. The molecule has 2 aromatic rings. The number of halogens is 2. The molecule has 2 aliphatic rings. The Morgan fingerprint density at radius 2 is 2.00 bits per heavy atom. The molecule has 25 heavy (non-hydrogen) atoms. The normalized spacial score (nSPS) is 23.6. The van der Waals surface area contributed by atoms with Crippen LogP contribution in [0.3, 0.4) is 0 Å². The van der Waals surface area contributed by atoms with E-state index < -0.39 is 0 Å². The average Bonchev–Trinajstić information content (AvgIpc) is 3.10. The lowest BCUT2D eigenvalue weighted by Gasteiger charge is -2.38. The second-order valence-corrected chi connectivity index (χ2v) is 8.55. The van der Waals surface area contributed by atoms with Crippen molar-refractivity contribution in [3.8, 4) is 11.5 Å². The summed E-state index contributed by atoms with van der Waals surface area (Å²) in [5.74, 6) is 2.46. The van der Waals surface area contributed by atoms with Crippen LogP contribution in [0.2, 0.25) is 0 Å². The van der Waals surface area contributed by atoms with E-state index in [9.17, 15) is 0 Å². The molecular weight excluding hydrogens is 493 g/mol. The minimum Gasteiger partial charge on any atom is -0.493 e. The average molecular weight is 512 g/mol. The molecule has 1 aliphatic carbocycles. The largest absolute Gasteiger partial charge is 0.493 e. The summed E-state index contributed by atoms with van der Waals surface area (Å²) < 4.78 is 13.2. The molecule has 4 rings (SSSR count). The van der Waals surface area contributed by atoms with Gasteiger partial charge in [-0.3, -0.25) is 0 Å². The highest BCUT2D eigenvalue weighted by molar-refractivity contribution is 14.1. The van der Waals surface area contributed by atoms with Crippen LogP contribution in [-0.2, 0) is 0 Å². The molecule has 0 aromatic heterocycles. The first-order valence-electron chi connectivity index (χ1n) is 8.26. The highest BCUT2D eigenvalue weighted by Crippen LogP contribution is 2.51. The van der Waals surface area contributed by atoms with E-state index in [2.05, 4.69) is 86.3 Å². The highest BCUT2D eigenvalue weighted by Gasteiger charge is 2.38. The lowest BCUT2D eigenvalue weighted by atomic mass is 9.77. The maximum absolute atomic E-state index is 5.55. The van der Waals surface area contributed by atoms with E-state index in [-0.39, 0.29) is 6.04 Å². The molecule has 0 saturated heterocycles. The minimum atomic E-state index is 0.240. The van der Waals surface area contributed by atoms with Crippen molar-refractivity contribution in [1.29, 1.82) is 0 Å². The fourth-order valence-electron chi connectivity index (χ4n) is 4.01. The zero-order valence-corrected chi connectivity index (χ0v) is 17.8. The van der Waals surface area contributed by atoms with E-state index in [0.29, 0.717) is 11.8 Å². The van der Waals surface area contributed by atoms with Gasteiger partial charge in [0, 0.05) is 15.2 Å². The van der Waals surface area contributed by atoms with Crippen molar-refractivity contribution in [3.05, 3.63) is 61.7 Å². The molecule has 1 aliphatic heterocycles. The van der Waals surface area contributed by atoms with Crippen LogP contribution < -0.4 is 14.8 Å². The zero-order chi connectivity index (χ0) is 17.6. The molecule has 0 saturated carbocycles. The van der Waals surface area contributed by atoms with E-state index in [1.54, 1.807) is 14.2 Å². The number of fused-ring (bicyclic) bond motifs is 3. The van der Waals surface area contributed by atoms with Gasteiger partial charge in [-0.2, -0.15) is 0 Å². The molecule has 0 fully saturated rings. The van der Waals surface area contributed by atoms with Crippen molar-refractivity contribution in [1.82, 2.24) is 0 Å². The number of hydrogen-bond donors (Lipinski definition) is 1. The van der Waals surface area contributed by atoms with Gasteiger partial charge in [0.1, 0.15) is 0 Å². The molecule has 1 heterocycles. The van der Waals surface area contributed by atoms with Crippen LogP contribution in [0.4, 0.5) is 5.69 Å². The number of ether oxygens (including phenoxy) is 2. The zero-order valence-electron chi connectivity index (χ0n) is 14.1. The quantitative estimate of drug-likeness (QED) is 0.411. The van der Waals surface area contributed by atoms with Crippen molar-refractivity contribution >= 4 is 44.2 Å². The van der Waals surface area contributed by atoms with Crippen LogP contribution in [0.1, 0.15) is 29.5 Å². The monoisotopic (exact) mass is 511 g/mol. The summed E-state index contributed by atoms with van der Waals surface area (Å²) in [5, 5.41) is 3.77. The van der Waals surface area contributed by atoms with Crippen LogP contribution >= 0.6 is 38.5 Å². The molecule has 0 bridgehead atoms. The standard InChI is InChI=1S/C20H19BrINO2/c1-24-18-9-11(8-16(21)20(18)25-2)19-14-5-3-4-13(14)15-10-12(22)6-7-17(15)23-19/h3-4,6-10,13-14,19,23H,5H2,1-2H3/t13-,14+,19+/m1/s1. The number of rotatable bonds is 3. The van der Waals surface area contributed by atoms with Gasteiger partial charge in [-0.05, 0) is 92.3 Å². The number of methoxy groups -OCH3 is 2. The van der Waals surface area contributed by atoms with Crippen LogP contribution in [0.25, 0.3) is 0 Å². The Bertz CT molecular complexity index is 852. The van der Waals surface area contributed by atoms with Gasteiger partial charge in [0.25, 0.3) is 0 Å². The third-order valence-corrected chi connectivity index (χ3v) is 6.40. The SMILES string of the molecule is COc1cc([C@@H]2Nc3ccc(I)cc3[C@@H]3C=CC[C@@H]32)cc(Br)c1OC.